The largest absolute Gasteiger partial charge is 0.481 e. The van der Waals surface area contributed by atoms with Gasteiger partial charge in [0.1, 0.15) is 0 Å². The van der Waals surface area contributed by atoms with E-state index in [1.807, 2.05) is 0 Å². The van der Waals surface area contributed by atoms with Gasteiger partial charge in [0.05, 0.1) is 38.7 Å². The first kappa shape index (κ1) is 19.4. The molecule has 8 heteroatoms. The van der Waals surface area contributed by atoms with E-state index in [9.17, 15) is 14.4 Å². The molecule has 0 radical (unpaired) electrons. The molecule has 1 heterocycles. The molecular formula is C15H26N2O6. The van der Waals surface area contributed by atoms with Crippen LogP contribution in [0.5, 0.6) is 0 Å². The average Bonchev–Trinajstić information content (AvgIpc) is 2.54. The van der Waals surface area contributed by atoms with Crippen molar-refractivity contribution in [3.63, 3.8) is 0 Å². The molecule has 1 fully saturated rings. The predicted octanol–water partition coefficient (Wildman–Crippen LogP) is -0.179. The summed E-state index contributed by atoms with van der Waals surface area (Å²) < 4.78 is 10.1. The molecule has 0 aromatic carbocycles. The number of carboxylic acid groups (broad SMARTS) is 1. The number of rotatable bonds is 9. The van der Waals surface area contributed by atoms with Gasteiger partial charge in [-0.3, -0.25) is 14.4 Å². The molecule has 23 heavy (non-hydrogen) atoms. The number of ether oxygens (including phenoxy) is 2. The lowest BCUT2D eigenvalue weighted by Gasteiger charge is -2.32. The highest BCUT2D eigenvalue weighted by molar-refractivity contribution is 5.85. The van der Waals surface area contributed by atoms with E-state index in [0.717, 1.165) is 0 Å². The Balaban J connectivity index is 2.31. The number of carboxylic acids is 1. The van der Waals surface area contributed by atoms with E-state index in [-0.39, 0.29) is 37.9 Å². The molecule has 0 spiro atoms. The Labute approximate surface area is 136 Å². The number of hydrogen-bond acceptors (Lipinski definition) is 5. The number of piperidine rings is 1. The maximum atomic E-state index is 12.2. The maximum absolute atomic E-state index is 12.2. The highest BCUT2D eigenvalue weighted by Gasteiger charge is 2.28. The summed E-state index contributed by atoms with van der Waals surface area (Å²) in [5.41, 5.74) is 0. The maximum Gasteiger partial charge on any atom is 0.308 e. The second-order valence-electron chi connectivity index (χ2n) is 5.62. The van der Waals surface area contributed by atoms with Gasteiger partial charge in [0, 0.05) is 27.2 Å². The third-order valence-corrected chi connectivity index (χ3v) is 3.81. The smallest absolute Gasteiger partial charge is 0.308 e. The molecule has 1 aliphatic heterocycles. The number of hydrogen-bond donors (Lipinski definition) is 1. The van der Waals surface area contributed by atoms with E-state index < -0.39 is 11.9 Å². The molecule has 0 saturated carbocycles. The summed E-state index contributed by atoms with van der Waals surface area (Å²) >= 11 is 0. The van der Waals surface area contributed by atoms with Crippen LogP contribution in [0.1, 0.15) is 19.3 Å². The molecule has 1 rings (SSSR count). The minimum atomic E-state index is -0.875. The van der Waals surface area contributed by atoms with E-state index in [0.29, 0.717) is 32.6 Å². The van der Waals surface area contributed by atoms with Gasteiger partial charge in [0.25, 0.3) is 0 Å². The Bertz CT molecular complexity index is 415. The summed E-state index contributed by atoms with van der Waals surface area (Å²) in [6.45, 7) is 1.91. The van der Waals surface area contributed by atoms with Crippen molar-refractivity contribution in [1.82, 2.24) is 9.80 Å². The van der Waals surface area contributed by atoms with Crippen LogP contribution >= 0.6 is 0 Å². The van der Waals surface area contributed by atoms with Crippen LogP contribution in [0.3, 0.4) is 0 Å². The quantitative estimate of drug-likeness (QED) is 0.589. The summed E-state index contributed by atoms with van der Waals surface area (Å²) in [6.07, 6.45) is 1.46. The second-order valence-corrected chi connectivity index (χ2v) is 5.62. The number of aliphatic carboxylic acids is 1. The summed E-state index contributed by atoms with van der Waals surface area (Å²) in [4.78, 5) is 38.0. The summed E-state index contributed by atoms with van der Waals surface area (Å²) in [7, 11) is 3.14. The highest BCUT2D eigenvalue weighted by Crippen LogP contribution is 2.16. The normalized spacial score (nSPS) is 17.8. The Morgan fingerprint density at radius 1 is 1.26 bits per heavy atom. The van der Waals surface area contributed by atoms with E-state index in [1.54, 1.807) is 14.2 Å². The van der Waals surface area contributed by atoms with Gasteiger partial charge in [-0.1, -0.05) is 0 Å². The van der Waals surface area contributed by atoms with Crippen LogP contribution in [0, 0.1) is 5.92 Å². The molecule has 2 amide bonds. The molecular weight excluding hydrogens is 304 g/mol. The minimum Gasteiger partial charge on any atom is -0.481 e. The Morgan fingerprint density at radius 3 is 2.65 bits per heavy atom. The molecule has 1 aliphatic rings. The standard InChI is InChI=1S/C15H26N2O6/c1-16(13(18)5-7-23-9-8-22-2)11-14(19)17-6-3-4-12(10-17)15(20)21/h12H,3-11H2,1-2H3,(H,20,21). The van der Waals surface area contributed by atoms with Crippen molar-refractivity contribution in [3.8, 4) is 0 Å². The first-order valence-electron chi connectivity index (χ1n) is 7.77. The van der Waals surface area contributed by atoms with Crippen LogP contribution in [0.15, 0.2) is 0 Å². The molecule has 0 aromatic rings. The van der Waals surface area contributed by atoms with E-state index in [4.69, 9.17) is 14.6 Å². The lowest BCUT2D eigenvalue weighted by Crippen LogP contribution is -2.47. The molecule has 1 saturated heterocycles. The first-order chi connectivity index (χ1) is 11.0. The van der Waals surface area contributed by atoms with Crippen LogP contribution in [0.25, 0.3) is 0 Å². The van der Waals surface area contributed by atoms with Crippen molar-refractivity contribution in [2.24, 2.45) is 5.92 Å². The van der Waals surface area contributed by atoms with Gasteiger partial charge in [-0.15, -0.1) is 0 Å². The molecule has 8 nitrogen and oxygen atoms in total. The fourth-order valence-corrected chi connectivity index (χ4v) is 2.39. The number of nitrogens with zero attached hydrogens (tertiary/aromatic N) is 2. The molecule has 0 bridgehead atoms. The van der Waals surface area contributed by atoms with Gasteiger partial charge in [-0.2, -0.15) is 0 Å². The van der Waals surface area contributed by atoms with Crippen molar-refractivity contribution in [1.29, 1.82) is 0 Å². The number of likely N-dealkylation sites (tertiary alicyclic amines) is 1. The lowest BCUT2D eigenvalue weighted by atomic mass is 9.98. The van der Waals surface area contributed by atoms with Crippen LogP contribution in [-0.2, 0) is 23.9 Å². The molecule has 1 atom stereocenters. The van der Waals surface area contributed by atoms with Gasteiger partial charge in [-0.05, 0) is 12.8 Å². The Hall–Kier alpha value is -1.67. The van der Waals surface area contributed by atoms with Gasteiger partial charge >= 0.3 is 5.97 Å². The molecule has 0 aliphatic carbocycles. The zero-order valence-corrected chi connectivity index (χ0v) is 13.8. The number of likely N-dealkylation sites (N-methyl/N-ethyl adjacent to an activating group) is 1. The van der Waals surface area contributed by atoms with Crippen LogP contribution in [-0.4, -0.2) is 86.3 Å². The van der Waals surface area contributed by atoms with Crippen LogP contribution in [0.4, 0.5) is 0 Å². The van der Waals surface area contributed by atoms with E-state index >= 15 is 0 Å². The monoisotopic (exact) mass is 330 g/mol. The third-order valence-electron chi connectivity index (χ3n) is 3.81. The van der Waals surface area contributed by atoms with Gasteiger partial charge < -0.3 is 24.4 Å². The molecule has 1 unspecified atom stereocenters. The summed E-state index contributed by atoms with van der Waals surface area (Å²) in [5, 5.41) is 9.04. The van der Waals surface area contributed by atoms with Crippen molar-refractivity contribution >= 4 is 17.8 Å². The van der Waals surface area contributed by atoms with Crippen molar-refractivity contribution in [2.75, 3.05) is 53.6 Å². The topological polar surface area (TPSA) is 96.4 Å². The second kappa shape index (κ2) is 10.2. The number of carbonyl (C=O) groups is 3. The lowest BCUT2D eigenvalue weighted by molar-refractivity contribution is -0.147. The van der Waals surface area contributed by atoms with E-state index in [2.05, 4.69) is 0 Å². The predicted molar refractivity (Wildman–Crippen MR) is 81.9 cm³/mol. The SMILES string of the molecule is COCCOCCC(=O)N(C)CC(=O)N1CCCC(C(=O)O)C1. The zero-order valence-electron chi connectivity index (χ0n) is 13.8. The molecule has 132 valence electrons. The fraction of sp³-hybridized carbons (Fsp3) is 0.800. The van der Waals surface area contributed by atoms with Crippen molar-refractivity contribution < 1.29 is 29.0 Å². The Morgan fingerprint density at radius 2 is 2.00 bits per heavy atom. The fourth-order valence-electron chi connectivity index (χ4n) is 2.39. The number of amides is 2. The van der Waals surface area contributed by atoms with Crippen molar-refractivity contribution in [3.05, 3.63) is 0 Å². The highest BCUT2D eigenvalue weighted by atomic mass is 16.5. The van der Waals surface area contributed by atoms with Crippen LogP contribution in [0.2, 0.25) is 0 Å². The molecule has 0 aromatic heterocycles. The average molecular weight is 330 g/mol. The van der Waals surface area contributed by atoms with Crippen molar-refractivity contribution in [2.45, 2.75) is 19.3 Å². The summed E-state index contributed by atoms with van der Waals surface area (Å²) in [5.74, 6) is -1.78. The zero-order chi connectivity index (χ0) is 17.2. The Kier molecular flexibility index (Phi) is 8.57. The number of methoxy groups -OCH3 is 1. The van der Waals surface area contributed by atoms with Gasteiger partial charge in [0.15, 0.2) is 0 Å². The van der Waals surface area contributed by atoms with Gasteiger partial charge in [0.2, 0.25) is 11.8 Å². The molecule has 1 N–H and O–H groups in total. The third kappa shape index (κ3) is 6.96. The van der Waals surface area contributed by atoms with Crippen LogP contribution < -0.4 is 0 Å². The van der Waals surface area contributed by atoms with E-state index in [1.165, 1.54) is 9.80 Å². The first-order valence-corrected chi connectivity index (χ1v) is 7.77. The van der Waals surface area contributed by atoms with Gasteiger partial charge in [-0.25, -0.2) is 0 Å². The number of carbonyl (C=O) groups excluding carboxylic acids is 2. The summed E-state index contributed by atoms with van der Waals surface area (Å²) in [6, 6.07) is 0. The minimum absolute atomic E-state index is 0.0384.